The maximum absolute atomic E-state index is 13.3. The van der Waals surface area contributed by atoms with E-state index in [1.54, 1.807) is 29.2 Å². The van der Waals surface area contributed by atoms with Gasteiger partial charge in [0.05, 0.1) is 10.5 Å². The van der Waals surface area contributed by atoms with Crippen molar-refractivity contribution in [2.45, 2.75) is 23.8 Å². The molecule has 8 heteroatoms. The molecule has 1 heterocycles. The Bertz CT molecular complexity index is 917. The van der Waals surface area contributed by atoms with Crippen molar-refractivity contribution >= 4 is 21.6 Å². The van der Waals surface area contributed by atoms with E-state index in [0.29, 0.717) is 30.6 Å². The minimum atomic E-state index is -3.86. The van der Waals surface area contributed by atoms with Gasteiger partial charge in [0.25, 0.3) is 5.91 Å². The minimum absolute atomic E-state index is 0.131. The van der Waals surface area contributed by atoms with Crippen molar-refractivity contribution in [1.29, 1.82) is 0 Å². The first-order valence-electron chi connectivity index (χ1n) is 8.28. The van der Waals surface area contributed by atoms with Gasteiger partial charge in [0.1, 0.15) is 5.82 Å². The summed E-state index contributed by atoms with van der Waals surface area (Å²) < 4.78 is 40.8. The highest BCUT2D eigenvalue weighted by molar-refractivity contribution is 7.89. The molecule has 1 fully saturated rings. The number of hydrogen-bond acceptors (Lipinski definition) is 4. The largest absolute Gasteiger partial charge is 0.398 e. The van der Waals surface area contributed by atoms with Gasteiger partial charge in [0.2, 0.25) is 10.0 Å². The first kappa shape index (κ1) is 18.3. The number of carbonyl (C=O) groups is 1. The number of nitrogens with two attached hydrogens (primary N) is 1. The topological polar surface area (TPSA) is 92.5 Å². The van der Waals surface area contributed by atoms with Crippen LogP contribution in [0.2, 0.25) is 0 Å². The summed E-state index contributed by atoms with van der Waals surface area (Å²) in [5, 5.41) is 0. The van der Waals surface area contributed by atoms with Crippen LogP contribution < -0.4 is 10.5 Å². The van der Waals surface area contributed by atoms with Crippen LogP contribution in [0.1, 0.15) is 23.2 Å². The lowest BCUT2D eigenvalue weighted by Gasteiger charge is -2.33. The van der Waals surface area contributed by atoms with Crippen molar-refractivity contribution in [1.82, 2.24) is 9.62 Å². The molecule has 6 nitrogen and oxygen atoms in total. The zero-order valence-electron chi connectivity index (χ0n) is 14.1. The standard InChI is InChI=1S/C18H20FN3O3S/c19-13-5-3-7-15(11-13)26(24,25)21-14-6-4-10-22(12-14)18(23)16-8-1-2-9-17(16)20/h1-3,5,7-9,11,14,21H,4,6,10,12,20H2. The summed E-state index contributed by atoms with van der Waals surface area (Å²) in [5.41, 5.74) is 6.65. The van der Waals surface area contributed by atoms with Crippen LogP contribution in [0.25, 0.3) is 0 Å². The maximum atomic E-state index is 13.3. The fraction of sp³-hybridized carbons (Fsp3) is 0.278. The molecule has 0 spiro atoms. The van der Waals surface area contributed by atoms with Crippen molar-refractivity contribution in [2.75, 3.05) is 18.8 Å². The number of piperidine rings is 1. The van der Waals surface area contributed by atoms with Gasteiger partial charge < -0.3 is 10.6 Å². The van der Waals surface area contributed by atoms with E-state index in [4.69, 9.17) is 5.73 Å². The number of carbonyl (C=O) groups excluding carboxylic acids is 1. The van der Waals surface area contributed by atoms with E-state index in [1.165, 1.54) is 18.2 Å². The molecular weight excluding hydrogens is 357 g/mol. The van der Waals surface area contributed by atoms with Crippen LogP contribution in [-0.4, -0.2) is 38.4 Å². The van der Waals surface area contributed by atoms with Crippen LogP contribution in [0.5, 0.6) is 0 Å². The highest BCUT2D eigenvalue weighted by Crippen LogP contribution is 2.19. The molecule has 0 radical (unpaired) electrons. The van der Waals surface area contributed by atoms with E-state index in [0.717, 1.165) is 6.07 Å². The Morgan fingerprint density at radius 3 is 2.69 bits per heavy atom. The number of nitrogens with zero attached hydrogens (tertiary/aromatic N) is 1. The van der Waals surface area contributed by atoms with Crippen molar-refractivity contribution in [3.8, 4) is 0 Å². The third-order valence-corrected chi connectivity index (χ3v) is 5.85. The second-order valence-electron chi connectivity index (χ2n) is 6.26. The van der Waals surface area contributed by atoms with Gasteiger partial charge in [0.15, 0.2) is 0 Å². The maximum Gasteiger partial charge on any atom is 0.255 e. The monoisotopic (exact) mass is 377 g/mol. The van der Waals surface area contributed by atoms with E-state index in [1.807, 2.05) is 0 Å². The molecule has 1 saturated heterocycles. The average Bonchev–Trinajstić information content (AvgIpc) is 2.61. The molecule has 1 atom stereocenters. The number of hydrogen-bond donors (Lipinski definition) is 2. The molecule has 3 N–H and O–H groups in total. The SMILES string of the molecule is Nc1ccccc1C(=O)N1CCCC(NS(=O)(=O)c2cccc(F)c2)C1. The molecule has 0 aromatic heterocycles. The molecule has 1 aliphatic heterocycles. The summed E-state index contributed by atoms with van der Waals surface area (Å²) in [7, 11) is -3.86. The molecule has 26 heavy (non-hydrogen) atoms. The number of halogens is 1. The Morgan fingerprint density at radius 1 is 1.19 bits per heavy atom. The van der Waals surface area contributed by atoms with Gasteiger partial charge >= 0.3 is 0 Å². The predicted molar refractivity (Wildman–Crippen MR) is 96.5 cm³/mol. The normalized spacial score (nSPS) is 17.9. The average molecular weight is 377 g/mol. The molecule has 0 bridgehead atoms. The van der Waals surface area contributed by atoms with Crippen molar-refractivity contribution in [2.24, 2.45) is 0 Å². The van der Waals surface area contributed by atoms with Gasteiger partial charge in [-0.1, -0.05) is 18.2 Å². The van der Waals surface area contributed by atoms with Crippen LogP contribution in [-0.2, 0) is 10.0 Å². The number of nitrogen functional groups attached to an aromatic ring is 1. The molecule has 1 aliphatic rings. The Balaban J connectivity index is 1.73. The summed E-state index contributed by atoms with van der Waals surface area (Å²) in [6.07, 6.45) is 1.26. The van der Waals surface area contributed by atoms with Crippen LogP contribution in [0.4, 0.5) is 10.1 Å². The highest BCUT2D eigenvalue weighted by Gasteiger charge is 2.28. The zero-order chi connectivity index (χ0) is 18.7. The predicted octanol–water partition coefficient (Wildman–Crippen LogP) is 1.99. The minimum Gasteiger partial charge on any atom is -0.398 e. The summed E-state index contributed by atoms with van der Waals surface area (Å²) in [5.74, 6) is -0.842. The van der Waals surface area contributed by atoms with E-state index >= 15 is 0 Å². The molecule has 0 aliphatic carbocycles. The first-order valence-corrected chi connectivity index (χ1v) is 9.77. The van der Waals surface area contributed by atoms with Crippen LogP contribution in [0.15, 0.2) is 53.4 Å². The van der Waals surface area contributed by atoms with Crippen molar-refractivity contribution in [3.63, 3.8) is 0 Å². The lowest BCUT2D eigenvalue weighted by atomic mass is 10.0. The van der Waals surface area contributed by atoms with Gasteiger partial charge in [-0.3, -0.25) is 4.79 Å². The Kier molecular flexibility index (Phi) is 5.24. The summed E-state index contributed by atoms with van der Waals surface area (Å²) in [6, 6.07) is 11.2. The zero-order valence-corrected chi connectivity index (χ0v) is 14.9. The molecule has 2 aromatic rings. The molecule has 2 aromatic carbocycles. The Morgan fingerprint density at radius 2 is 1.96 bits per heavy atom. The Hall–Kier alpha value is -2.45. The Labute approximate surface area is 151 Å². The van der Waals surface area contributed by atoms with E-state index in [9.17, 15) is 17.6 Å². The second-order valence-corrected chi connectivity index (χ2v) is 7.97. The van der Waals surface area contributed by atoms with E-state index < -0.39 is 21.9 Å². The molecule has 3 rings (SSSR count). The molecule has 0 saturated carbocycles. The van der Waals surface area contributed by atoms with Gasteiger partial charge in [-0.05, 0) is 43.2 Å². The molecule has 138 valence electrons. The number of benzene rings is 2. The smallest absolute Gasteiger partial charge is 0.255 e. The number of anilines is 1. The number of amides is 1. The fourth-order valence-electron chi connectivity index (χ4n) is 3.04. The molecular formula is C18H20FN3O3S. The van der Waals surface area contributed by atoms with Crippen LogP contribution in [0.3, 0.4) is 0 Å². The third kappa shape index (κ3) is 4.03. The van der Waals surface area contributed by atoms with E-state index in [2.05, 4.69) is 4.72 Å². The number of sulfonamides is 1. The summed E-state index contributed by atoms with van der Waals surface area (Å²) in [6.45, 7) is 0.771. The molecule has 1 amide bonds. The number of likely N-dealkylation sites (tertiary alicyclic amines) is 1. The van der Waals surface area contributed by atoms with Crippen LogP contribution >= 0.6 is 0 Å². The van der Waals surface area contributed by atoms with Gasteiger partial charge in [-0.25, -0.2) is 17.5 Å². The number of nitrogens with one attached hydrogen (secondary N) is 1. The van der Waals surface area contributed by atoms with E-state index in [-0.39, 0.29) is 17.3 Å². The van der Waals surface area contributed by atoms with Gasteiger partial charge in [-0.15, -0.1) is 0 Å². The molecule has 1 unspecified atom stereocenters. The highest BCUT2D eigenvalue weighted by atomic mass is 32.2. The second kappa shape index (κ2) is 7.43. The third-order valence-electron chi connectivity index (χ3n) is 4.33. The van der Waals surface area contributed by atoms with Crippen LogP contribution in [0, 0.1) is 5.82 Å². The number of rotatable bonds is 4. The van der Waals surface area contributed by atoms with Crippen molar-refractivity contribution in [3.05, 3.63) is 59.9 Å². The van der Waals surface area contributed by atoms with Crippen molar-refractivity contribution < 1.29 is 17.6 Å². The summed E-state index contributed by atoms with van der Waals surface area (Å²) >= 11 is 0. The fourth-order valence-corrected chi connectivity index (χ4v) is 4.33. The summed E-state index contributed by atoms with van der Waals surface area (Å²) in [4.78, 5) is 14.1. The lowest BCUT2D eigenvalue weighted by molar-refractivity contribution is 0.0704. The quantitative estimate of drug-likeness (QED) is 0.797. The number of para-hydroxylation sites is 1. The van der Waals surface area contributed by atoms with Gasteiger partial charge in [-0.2, -0.15) is 0 Å². The van der Waals surface area contributed by atoms with Gasteiger partial charge in [0, 0.05) is 24.8 Å². The lowest BCUT2D eigenvalue weighted by Crippen LogP contribution is -2.49. The first-order chi connectivity index (χ1) is 12.4.